The molecule has 1 unspecified atom stereocenters. The van der Waals surface area contributed by atoms with Gasteiger partial charge in [0.05, 0.1) is 0 Å². The molecule has 23 heavy (non-hydrogen) atoms. The van der Waals surface area contributed by atoms with E-state index in [-0.39, 0.29) is 0 Å². The molecule has 0 saturated carbocycles. The van der Waals surface area contributed by atoms with E-state index in [2.05, 4.69) is 13.8 Å². The molecular weight excluding hydrogens is 344 g/mol. The Hall–Kier alpha value is -0.910. The van der Waals surface area contributed by atoms with Gasteiger partial charge in [0.2, 0.25) is 0 Å². The lowest BCUT2D eigenvalue weighted by Crippen LogP contribution is -2.13. The van der Waals surface area contributed by atoms with E-state index >= 15 is 0 Å². The first-order valence-corrected chi connectivity index (χ1v) is 11.8. The topological polar surface area (TPSA) is 34.1 Å². The fourth-order valence-corrected chi connectivity index (χ4v) is 6.11. The highest BCUT2D eigenvalue weighted by Crippen LogP contribution is 2.36. The minimum atomic E-state index is -3.24. The molecule has 0 aromatic heterocycles. The highest BCUT2D eigenvalue weighted by molar-refractivity contribution is 8.76. The van der Waals surface area contributed by atoms with Crippen LogP contribution in [0.5, 0.6) is 0 Å². The second kappa shape index (κ2) is 8.27. The van der Waals surface area contributed by atoms with Crippen LogP contribution >= 0.6 is 21.6 Å². The van der Waals surface area contributed by atoms with Crippen molar-refractivity contribution < 1.29 is 8.42 Å². The maximum atomic E-state index is 12.3. The predicted molar refractivity (Wildman–Crippen MR) is 103 cm³/mol. The Bertz CT molecular complexity index is 725. The van der Waals surface area contributed by atoms with E-state index in [0.29, 0.717) is 5.92 Å². The fraction of sp³-hybridized carbons (Fsp3) is 0.333. The first-order valence-electron chi connectivity index (χ1n) is 7.51. The van der Waals surface area contributed by atoms with Crippen LogP contribution in [0.3, 0.4) is 0 Å². The summed E-state index contributed by atoms with van der Waals surface area (Å²) in [6.07, 6.45) is 1.30. The van der Waals surface area contributed by atoms with Crippen molar-refractivity contribution in [1.82, 2.24) is 0 Å². The van der Waals surface area contributed by atoms with Gasteiger partial charge >= 0.3 is 0 Å². The molecule has 0 saturated heterocycles. The third kappa shape index (κ3) is 5.59. The average Bonchev–Trinajstić information content (AvgIpc) is 2.47. The summed E-state index contributed by atoms with van der Waals surface area (Å²) in [4.78, 5) is 1.10. The largest absolute Gasteiger partial charge is 0.228 e. The normalized spacial score (nSPS) is 13.2. The van der Waals surface area contributed by atoms with Crippen LogP contribution in [-0.2, 0) is 9.84 Å². The van der Waals surface area contributed by atoms with Gasteiger partial charge in [-0.25, -0.2) is 8.42 Å². The van der Waals surface area contributed by atoms with Crippen molar-refractivity contribution >= 4 is 31.4 Å². The zero-order valence-corrected chi connectivity index (χ0v) is 16.0. The van der Waals surface area contributed by atoms with Gasteiger partial charge in [0.15, 0.2) is 9.84 Å². The summed E-state index contributed by atoms with van der Waals surface area (Å²) in [5.41, 5.74) is 1.64. The van der Waals surface area contributed by atoms with Gasteiger partial charge in [-0.2, -0.15) is 0 Å². The van der Waals surface area contributed by atoms with Crippen molar-refractivity contribution in [3.05, 3.63) is 65.7 Å². The quantitative estimate of drug-likeness (QED) is 0.629. The van der Waals surface area contributed by atoms with Gasteiger partial charge in [0.25, 0.3) is 0 Å². The second-order valence-corrected chi connectivity index (χ2v) is 10.5. The second-order valence-electron chi connectivity index (χ2n) is 5.95. The Morgan fingerprint density at radius 3 is 2.22 bits per heavy atom. The SMILES string of the molecule is CC(C)CSSc1cccc(C(c2ccccc2)S(C)(=O)=O)c1. The maximum Gasteiger partial charge on any atom is 0.158 e. The molecule has 0 N–H and O–H groups in total. The molecule has 1 atom stereocenters. The summed E-state index contributed by atoms with van der Waals surface area (Å²) in [5, 5.41) is -0.612. The van der Waals surface area contributed by atoms with E-state index in [1.165, 1.54) is 6.26 Å². The molecule has 5 heteroatoms. The van der Waals surface area contributed by atoms with Crippen molar-refractivity contribution in [2.45, 2.75) is 24.0 Å². The minimum absolute atomic E-state index is 0.612. The molecule has 0 heterocycles. The van der Waals surface area contributed by atoms with Crippen molar-refractivity contribution in [3.8, 4) is 0 Å². The van der Waals surface area contributed by atoms with E-state index in [9.17, 15) is 8.42 Å². The van der Waals surface area contributed by atoms with E-state index in [0.717, 1.165) is 21.8 Å². The molecule has 0 bridgehead atoms. The lowest BCUT2D eigenvalue weighted by Gasteiger charge is -2.17. The third-order valence-corrected chi connectivity index (χ3v) is 7.35. The smallest absolute Gasteiger partial charge is 0.158 e. The molecule has 0 spiro atoms. The highest BCUT2D eigenvalue weighted by atomic mass is 33.1. The Kier molecular flexibility index (Phi) is 6.62. The summed E-state index contributed by atoms with van der Waals surface area (Å²) in [7, 11) is 0.276. The number of rotatable bonds is 7. The molecule has 2 aromatic rings. The number of sulfone groups is 1. The van der Waals surface area contributed by atoms with Gasteiger partial charge < -0.3 is 0 Å². The zero-order chi connectivity index (χ0) is 16.9. The molecule has 0 aliphatic rings. The van der Waals surface area contributed by atoms with E-state index in [4.69, 9.17) is 0 Å². The summed E-state index contributed by atoms with van der Waals surface area (Å²) in [6, 6.07) is 17.3. The van der Waals surface area contributed by atoms with Crippen molar-refractivity contribution in [2.75, 3.05) is 12.0 Å². The first-order chi connectivity index (χ1) is 10.9. The monoisotopic (exact) mass is 366 g/mol. The van der Waals surface area contributed by atoms with Crippen LogP contribution in [0.2, 0.25) is 0 Å². The van der Waals surface area contributed by atoms with E-state index < -0.39 is 15.1 Å². The predicted octanol–water partition coefficient (Wildman–Crippen LogP) is 5.22. The van der Waals surface area contributed by atoms with Crippen molar-refractivity contribution in [2.24, 2.45) is 5.92 Å². The van der Waals surface area contributed by atoms with Gasteiger partial charge in [0.1, 0.15) is 5.25 Å². The van der Waals surface area contributed by atoms with Crippen LogP contribution in [0.4, 0.5) is 0 Å². The number of hydrogen-bond donors (Lipinski definition) is 0. The van der Waals surface area contributed by atoms with Gasteiger partial charge in [-0.3, -0.25) is 0 Å². The first kappa shape index (κ1) is 18.4. The number of benzene rings is 2. The Balaban J connectivity index is 2.30. The third-order valence-electron chi connectivity index (χ3n) is 3.25. The summed E-state index contributed by atoms with van der Waals surface area (Å²) in [6.45, 7) is 4.39. The molecule has 0 radical (unpaired) electrons. The molecule has 0 fully saturated rings. The molecule has 2 aromatic carbocycles. The lowest BCUT2D eigenvalue weighted by atomic mass is 10.0. The molecule has 0 aliphatic carbocycles. The van der Waals surface area contributed by atoms with Crippen LogP contribution < -0.4 is 0 Å². The van der Waals surface area contributed by atoms with E-state index in [1.807, 2.05) is 54.6 Å². The van der Waals surface area contributed by atoms with Gasteiger partial charge in [-0.05, 0) is 29.2 Å². The molecule has 2 rings (SSSR count). The molecular formula is C18H22O2S3. The van der Waals surface area contributed by atoms with Crippen LogP contribution in [0.15, 0.2) is 59.5 Å². The molecule has 124 valence electrons. The van der Waals surface area contributed by atoms with Gasteiger partial charge in [-0.1, -0.05) is 77.9 Å². The van der Waals surface area contributed by atoms with Gasteiger partial charge in [0, 0.05) is 16.9 Å². The van der Waals surface area contributed by atoms with Crippen LogP contribution in [0.25, 0.3) is 0 Å². The highest BCUT2D eigenvalue weighted by Gasteiger charge is 2.24. The van der Waals surface area contributed by atoms with Gasteiger partial charge in [-0.15, -0.1) is 0 Å². The van der Waals surface area contributed by atoms with Crippen LogP contribution in [0.1, 0.15) is 30.2 Å². The van der Waals surface area contributed by atoms with Crippen molar-refractivity contribution in [3.63, 3.8) is 0 Å². The lowest BCUT2D eigenvalue weighted by molar-refractivity contribution is 0.595. The molecule has 2 nitrogen and oxygen atoms in total. The minimum Gasteiger partial charge on any atom is -0.228 e. The number of hydrogen-bond acceptors (Lipinski definition) is 4. The fourth-order valence-electron chi connectivity index (χ4n) is 2.28. The maximum absolute atomic E-state index is 12.3. The molecule has 0 aliphatic heterocycles. The Labute approximate surface area is 147 Å². The van der Waals surface area contributed by atoms with Crippen LogP contribution in [-0.4, -0.2) is 20.4 Å². The Morgan fingerprint density at radius 1 is 0.957 bits per heavy atom. The van der Waals surface area contributed by atoms with Crippen molar-refractivity contribution in [1.29, 1.82) is 0 Å². The van der Waals surface area contributed by atoms with E-state index in [1.54, 1.807) is 21.6 Å². The molecule has 0 amide bonds. The average molecular weight is 367 g/mol. The Morgan fingerprint density at radius 2 is 1.61 bits per heavy atom. The summed E-state index contributed by atoms with van der Waals surface area (Å²) < 4.78 is 24.7. The zero-order valence-electron chi connectivity index (χ0n) is 13.6. The van der Waals surface area contributed by atoms with Crippen LogP contribution in [0, 0.1) is 5.92 Å². The summed E-state index contributed by atoms with van der Waals surface area (Å²) in [5.74, 6) is 1.71. The summed E-state index contributed by atoms with van der Waals surface area (Å²) >= 11 is 0. The standard InChI is InChI=1S/C18H22O2S3/c1-14(2)13-21-22-17-11-7-10-16(12-17)18(23(3,19)20)15-8-5-4-6-9-15/h4-12,14,18H,13H2,1-3H3.